The smallest absolute Gasteiger partial charge is 0.240 e. The average molecular weight is 347 g/mol. The fourth-order valence-corrected chi connectivity index (χ4v) is 2.97. The molecule has 3 aromatic rings. The van der Waals surface area contributed by atoms with E-state index in [-0.39, 0.29) is 5.95 Å². The van der Waals surface area contributed by atoms with Crippen molar-refractivity contribution < 1.29 is 4.74 Å². The third-order valence-corrected chi connectivity index (χ3v) is 4.52. The summed E-state index contributed by atoms with van der Waals surface area (Å²) < 4.78 is 5.84. The summed E-state index contributed by atoms with van der Waals surface area (Å²) in [6.45, 7) is 1.24. The normalized spacial score (nSPS) is 18.5. The first kappa shape index (κ1) is 16.5. The molecule has 132 valence electrons. The molecule has 1 aromatic heterocycles. The van der Waals surface area contributed by atoms with E-state index in [1.807, 2.05) is 30.3 Å². The number of hydrogen-bond donors (Lipinski definition) is 2. The maximum Gasteiger partial charge on any atom is 0.240 e. The Hall–Kier alpha value is -2.99. The third-order valence-electron chi connectivity index (χ3n) is 4.52. The molecule has 2 aromatic carbocycles. The Labute approximate surface area is 152 Å². The van der Waals surface area contributed by atoms with Crippen LogP contribution in [0.3, 0.4) is 0 Å². The molecule has 0 amide bonds. The van der Waals surface area contributed by atoms with Gasteiger partial charge in [0.1, 0.15) is 12.4 Å². The largest absolute Gasteiger partial charge is 0.489 e. The van der Waals surface area contributed by atoms with Crippen molar-refractivity contribution in [2.45, 2.75) is 31.5 Å². The van der Waals surface area contributed by atoms with Gasteiger partial charge in [-0.1, -0.05) is 42.5 Å². The second-order valence-corrected chi connectivity index (χ2v) is 6.48. The van der Waals surface area contributed by atoms with Crippen LogP contribution < -0.4 is 15.8 Å². The average Bonchev–Trinajstić information content (AvgIpc) is 3.47. The predicted octanol–water partition coefficient (Wildman–Crippen LogP) is 2.68. The van der Waals surface area contributed by atoms with Gasteiger partial charge in [0, 0.05) is 18.5 Å². The first-order valence-corrected chi connectivity index (χ1v) is 8.72. The summed E-state index contributed by atoms with van der Waals surface area (Å²) in [5.74, 6) is 1.63. The van der Waals surface area contributed by atoms with Crippen LogP contribution in [-0.4, -0.2) is 21.2 Å². The molecule has 0 bridgehead atoms. The number of nitrogens with zero attached hydrogens (tertiary/aromatic N) is 3. The van der Waals surface area contributed by atoms with E-state index in [1.54, 1.807) is 6.20 Å². The number of benzene rings is 2. The maximum absolute atomic E-state index is 5.84. The lowest BCUT2D eigenvalue weighted by molar-refractivity contribution is 0.306. The molecule has 0 aliphatic heterocycles. The molecule has 2 atom stereocenters. The van der Waals surface area contributed by atoms with Gasteiger partial charge in [-0.15, -0.1) is 10.2 Å². The summed E-state index contributed by atoms with van der Waals surface area (Å²) in [5, 5.41) is 11.3. The number of anilines is 1. The van der Waals surface area contributed by atoms with Crippen LogP contribution in [0.1, 0.15) is 29.2 Å². The van der Waals surface area contributed by atoms with E-state index in [0.717, 1.165) is 17.9 Å². The van der Waals surface area contributed by atoms with Crippen LogP contribution >= 0.6 is 0 Å². The van der Waals surface area contributed by atoms with Gasteiger partial charge in [0.25, 0.3) is 0 Å². The molecule has 0 unspecified atom stereocenters. The van der Waals surface area contributed by atoms with Gasteiger partial charge < -0.3 is 15.8 Å². The second-order valence-electron chi connectivity index (χ2n) is 6.48. The molecule has 0 saturated heterocycles. The van der Waals surface area contributed by atoms with Crippen LogP contribution in [0.4, 0.5) is 5.95 Å². The van der Waals surface area contributed by atoms with Gasteiger partial charge >= 0.3 is 0 Å². The summed E-state index contributed by atoms with van der Waals surface area (Å²) in [7, 11) is 0. The lowest BCUT2D eigenvalue weighted by Crippen LogP contribution is -2.18. The van der Waals surface area contributed by atoms with Gasteiger partial charge in [-0.3, -0.25) is 0 Å². The molecule has 0 spiro atoms. The highest BCUT2D eigenvalue weighted by atomic mass is 16.5. The fourth-order valence-electron chi connectivity index (χ4n) is 2.97. The lowest BCUT2D eigenvalue weighted by Gasteiger charge is -2.08. The van der Waals surface area contributed by atoms with Crippen molar-refractivity contribution in [1.29, 1.82) is 0 Å². The van der Waals surface area contributed by atoms with Crippen molar-refractivity contribution in [2.75, 3.05) is 5.73 Å². The quantitative estimate of drug-likeness (QED) is 0.683. The Morgan fingerprint density at radius 3 is 2.58 bits per heavy atom. The molecule has 3 N–H and O–H groups in total. The number of rotatable bonds is 7. The SMILES string of the molecule is Nc1ncc(CN[C@H]2C[C@@H]2c2ccc(OCc3ccccc3)cc2)nn1. The van der Waals surface area contributed by atoms with Crippen LogP contribution in [0.25, 0.3) is 0 Å². The fraction of sp³-hybridized carbons (Fsp3) is 0.250. The monoisotopic (exact) mass is 347 g/mol. The van der Waals surface area contributed by atoms with Crippen LogP contribution in [0.5, 0.6) is 5.75 Å². The number of nitrogens with two attached hydrogens (primary N) is 1. The third kappa shape index (κ3) is 4.15. The highest BCUT2D eigenvalue weighted by Crippen LogP contribution is 2.41. The van der Waals surface area contributed by atoms with Crippen LogP contribution in [-0.2, 0) is 13.2 Å². The number of aromatic nitrogens is 3. The minimum atomic E-state index is 0.202. The Bertz CT molecular complexity index is 836. The van der Waals surface area contributed by atoms with Crippen molar-refractivity contribution in [1.82, 2.24) is 20.5 Å². The first-order valence-electron chi connectivity index (χ1n) is 8.72. The zero-order chi connectivity index (χ0) is 17.8. The second kappa shape index (κ2) is 7.49. The van der Waals surface area contributed by atoms with E-state index in [4.69, 9.17) is 10.5 Å². The zero-order valence-corrected chi connectivity index (χ0v) is 14.4. The minimum absolute atomic E-state index is 0.202. The molecule has 1 saturated carbocycles. The van der Waals surface area contributed by atoms with Gasteiger partial charge in [0.2, 0.25) is 5.95 Å². The van der Waals surface area contributed by atoms with E-state index in [9.17, 15) is 0 Å². The molecule has 26 heavy (non-hydrogen) atoms. The molecule has 1 heterocycles. The van der Waals surface area contributed by atoms with Crippen molar-refractivity contribution in [3.05, 3.63) is 77.6 Å². The number of hydrogen-bond acceptors (Lipinski definition) is 6. The number of ether oxygens (including phenoxy) is 1. The van der Waals surface area contributed by atoms with E-state index in [2.05, 4.69) is 44.8 Å². The summed E-state index contributed by atoms with van der Waals surface area (Å²) in [5.41, 5.74) is 8.74. The van der Waals surface area contributed by atoms with Gasteiger partial charge in [-0.05, 0) is 29.7 Å². The Morgan fingerprint density at radius 1 is 1.04 bits per heavy atom. The van der Waals surface area contributed by atoms with E-state index >= 15 is 0 Å². The van der Waals surface area contributed by atoms with Gasteiger partial charge in [0.15, 0.2) is 0 Å². The molecular weight excluding hydrogens is 326 g/mol. The molecule has 4 rings (SSSR count). The molecular formula is C20H21N5O. The van der Waals surface area contributed by atoms with Gasteiger partial charge in [-0.2, -0.15) is 0 Å². The van der Waals surface area contributed by atoms with Crippen molar-refractivity contribution in [3.8, 4) is 5.75 Å². The highest BCUT2D eigenvalue weighted by molar-refractivity contribution is 5.34. The molecule has 1 aliphatic carbocycles. The highest BCUT2D eigenvalue weighted by Gasteiger charge is 2.37. The maximum atomic E-state index is 5.84. The van der Waals surface area contributed by atoms with E-state index in [0.29, 0.717) is 25.1 Å². The number of nitrogen functional groups attached to an aromatic ring is 1. The van der Waals surface area contributed by atoms with Crippen LogP contribution in [0.2, 0.25) is 0 Å². The Morgan fingerprint density at radius 2 is 1.85 bits per heavy atom. The van der Waals surface area contributed by atoms with Gasteiger partial charge in [0.05, 0.1) is 11.9 Å². The van der Waals surface area contributed by atoms with Crippen molar-refractivity contribution >= 4 is 5.95 Å². The first-order chi connectivity index (χ1) is 12.8. The molecule has 1 aliphatic rings. The zero-order valence-electron chi connectivity index (χ0n) is 14.4. The summed E-state index contributed by atoms with van der Waals surface area (Å²) in [6, 6.07) is 19.0. The summed E-state index contributed by atoms with van der Waals surface area (Å²) >= 11 is 0. The van der Waals surface area contributed by atoms with Crippen molar-refractivity contribution in [2.24, 2.45) is 0 Å². The Kier molecular flexibility index (Phi) is 4.75. The summed E-state index contributed by atoms with van der Waals surface area (Å²) in [6.07, 6.45) is 2.78. The lowest BCUT2D eigenvalue weighted by atomic mass is 10.1. The Balaban J connectivity index is 1.26. The molecule has 6 heteroatoms. The van der Waals surface area contributed by atoms with E-state index in [1.165, 1.54) is 11.1 Å². The molecule has 6 nitrogen and oxygen atoms in total. The standard InChI is InChI=1S/C20H21N5O/c21-20-23-12-16(24-25-20)11-22-19-10-18(19)15-6-8-17(9-7-15)26-13-14-4-2-1-3-5-14/h1-9,12,18-19,22H,10-11,13H2,(H2,21,23,25)/t18-,19+/m1/s1. The van der Waals surface area contributed by atoms with Crippen LogP contribution in [0, 0.1) is 0 Å². The van der Waals surface area contributed by atoms with Crippen LogP contribution in [0.15, 0.2) is 60.8 Å². The summed E-state index contributed by atoms with van der Waals surface area (Å²) in [4.78, 5) is 3.95. The molecule has 0 radical (unpaired) electrons. The van der Waals surface area contributed by atoms with Gasteiger partial charge in [-0.25, -0.2) is 4.98 Å². The van der Waals surface area contributed by atoms with E-state index < -0.39 is 0 Å². The molecule has 1 fully saturated rings. The van der Waals surface area contributed by atoms with Crippen molar-refractivity contribution in [3.63, 3.8) is 0 Å². The predicted molar refractivity (Wildman–Crippen MR) is 99.4 cm³/mol. The topological polar surface area (TPSA) is 86.0 Å². The number of nitrogens with one attached hydrogen (secondary N) is 1. The minimum Gasteiger partial charge on any atom is -0.489 e.